The van der Waals surface area contributed by atoms with Crippen molar-refractivity contribution in [2.45, 2.75) is 13.8 Å². The number of hydrogen-bond donors (Lipinski definition) is 2. The van der Waals surface area contributed by atoms with Crippen molar-refractivity contribution >= 4 is 23.2 Å². The molecule has 1 aromatic rings. The van der Waals surface area contributed by atoms with Crippen molar-refractivity contribution < 1.29 is 14.8 Å². The number of nitro groups is 1. The van der Waals surface area contributed by atoms with Gasteiger partial charge in [-0.15, -0.1) is 0 Å². The van der Waals surface area contributed by atoms with Gasteiger partial charge in [-0.3, -0.25) is 15.4 Å². The molecule has 0 saturated heterocycles. The minimum atomic E-state index is -1.40. The Kier molecular flexibility index (Phi) is 5.07. The zero-order valence-corrected chi connectivity index (χ0v) is 12.0. The van der Waals surface area contributed by atoms with E-state index in [0.717, 1.165) is 6.07 Å². The molecule has 1 amide bonds. The lowest BCUT2D eigenvalue weighted by atomic mass is 10.1. The highest BCUT2D eigenvalue weighted by atomic mass is 16.6. The van der Waals surface area contributed by atoms with Crippen molar-refractivity contribution in [2.24, 2.45) is 5.92 Å². The summed E-state index contributed by atoms with van der Waals surface area (Å²) in [6.07, 6.45) is -1.40. The lowest BCUT2D eigenvalue weighted by molar-refractivity contribution is -0.383. The number of amides is 1. The molecular weight excluding hydrogens is 276 g/mol. The topological polar surface area (TPSA) is 120 Å². The Morgan fingerprint density at radius 2 is 2.19 bits per heavy atom. The van der Waals surface area contributed by atoms with E-state index in [4.69, 9.17) is 10.4 Å². The number of nitro benzene ring substituents is 1. The molecule has 112 valence electrons. The van der Waals surface area contributed by atoms with Crippen LogP contribution in [0.3, 0.4) is 0 Å². The van der Waals surface area contributed by atoms with Crippen LogP contribution in [0.15, 0.2) is 12.1 Å². The molecular formula is C13H16N4O4. The second kappa shape index (κ2) is 6.56. The fraction of sp³-hybridized carbons (Fsp3) is 0.385. The summed E-state index contributed by atoms with van der Waals surface area (Å²) in [6.45, 7) is 4.60. The molecule has 0 bridgehead atoms. The SMILES string of the molecule is CC(C)CN(C)c1cc(NC(=O)O)c([N+](=O)[O-])cc1C#N. The molecule has 0 heterocycles. The third-order valence-electron chi connectivity index (χ3n) is 2.72. The molecule has 1 rings (SSSR count). The van der Waals surface area contributed by atoms with Crippen LogP contribution in [-0.2, 0) is 0 Å². The van der Waals surface area contributed by atoms with E-state index in [2.05, 4.69) is 0 Å². The number of hydrogen-bond acceptors (Lipinski definition) is 5. The number of anilines is 2. The average Bonchev–Trinajstić information content (AvgIpc) is 2.36. The molecule has 0 radical (unpaired) electrons. The first-order chi connectivity index (χ1) is 9.76. The van der Waals surface area contributed by atoms with Crippen molar-refractivity contribution in [3.05, 3.63) is 27.8 Å². The predicted molar refractivity (Wildman–Crippen MR) is 77.6 cm³/mol. The predicted octanol–water partition coefficient (Wildman–Crippen LogP) is 2.65. The monoisotopic (exact) mass is 292 g/mol. The Morgan fingerprint density at radius 3 is 2.62 bits per heavy atom. The summed E-state index contributed by atoms with van der Waals surface area (Å²) in [7, 11) is 1.74. The van der Waals surface area contributed by atoms with E-state index in [1.54, 1.807) is 11.9 Å². The molecule has 21 heavy (non-hydrogen) atoms. The van der Waals surface area contributed by atoms with Gasteiger partial charge in [-0.25, -0.2) is 4.79 Å². The third-order valence-corrected chi connectivity index (χ3v) is 2.72. The van der Waals surface area contributed by atoms with Crippen LogP contribution in [0.2, 0.25) is 0 Å². The summed E-state index contributed by atoms with van der Waals surface area (Å²) >= 11 is 0. The minimum absolute atomic E-state index is 0.126. The van der Waals surface area contributed by atoms with Gasteiger partial charge in [0, 0.05) is 19.7 Å². The lowest BCUT2D eigenvalue weighted by Gasteiger charge is -2.23. The molecule has 1 aromatic carbocycles. The van der Waals surface area contributed by atoms with Crippen LogP contribution in [0.5, 0.6) is 0 Å². The van der Waals surface area contributed by atoms with E-state index < -0.39 is 16.7 Å². The quantitative estimate of drug-likeness (QED) is 0.636. The molecule has 0 aromatic heterocycles. The minimum Gasteiger partial charge on any atom is -0.465 e. The highest BCUT2D eigenvalue weighted by Gasteiger charge is 2.21. The highest BCUT2D eigenvalue weighted by Crippen LogP contribution is 2.33. The number of nitriles is 1. The summed E-state index contributed by atoms with van der Waals surface area (Å²) in [5.74, 6) is 0.313. The van der Waals surface area contributed by atoms with Gasteiger partial charge in [-0.1, -0.05) is 13.8 Å². The highest BCUT2D eigenvalue weighted by molar-refractivity contribution is 5.88. The van der Waals surface area contributed by atoms with Crippen LogP contribution in [0, 0.1) is 27.4 Å². The van der Waals surface area contributed by atoms with Gasteiger partial charge >= 0.3 is 6.09 Å². The number of rotatable bonds is 5. The van der Waals surface area contributed by atoms with Gasteiger partial charge in [0.15, 0.2) is 0 Å². The second-order valence-corrected chi connectivity index (χ2v) is 4.96. The van der Waals surface area contributed by atoms with E-state index in [1.165, 1.54) is 6.07 Å². The largest absolute Gasteiger partial charge is 0.465 e. The standard InChI is InChI=1S/C13H16N4O4/c1-8(2)7-16(3)11-5-10(15-13(18)19)12(17(20)21)4-9(11)6-14/h4-5,8,15H,7H2,1-3H3,(H,18,19). The Morgan fingerprint density at radius 1 is 1.57 bits per heavy atom. The first-order valence-corrected chi connectivity index (χ1v) is 6.19. The summed E-state index contributed by atoms with van der Waals surface area (Å²) in [5, 5.41) is 30.9. The number of carboxylic acid groups (broad SMARTS) is 1. The fourth-order valence-electron chi connectivity index (χ4n) is 1.99. The summed E-state index contributed by atoms with van der Waals surface area (Å²) in [5.41, 5.74) is -0.0332. The van der Waals surface area contributed by atoms with Gasteiger partial charge in [-0.05, 0) is 12.0 Å². The number of nitrogens with zero attached hydrogens (tertiary/aromatic N) is 3. The van der Waals surface area contributed by atoms with Gasteiger partial charge < -0.3 is 10.0 Å². The summed E-state index contributed by atoms with van der Waals surface area (Å²) in [6, 6.07) is 4.30. The van der Waals surface area contributed by atoms with Gasteiger partial charge in [0.05, 0.1) is 16.2 Å². The normalized spacial score (nSPS) is 10.0. The molecule has 0 aliphatic rings. The zero-order chi connectivity index (χ0) is 16.2. The van der Waals surface area contributed by atoms with Crippen LogP contribution in [0.1, 0.15) is 19.4 Å². The summed E-state index contributed by atoms with van der Waals surface area (Å²) in [4.78, 5) is 22.8. The maximum atomic E-state index is 11.0. The molecule has 8 nitrogen and oxygen atoms in total. The van der Waals surface area contributed by atoms with Crippen LogP contribution < -0.4 is 10.2 Å². The van der Waals surface area contributed by atoms with Gasteiger partial charge in [0.25, 0.3) is 5.69 Å². The fourth-order valence-corrected chi connectivity index (χ4v) is 1.99. The average molecular weight is 292 g/mol. The van der Waals surface area contributed by atoms with Gasteiger partial charge in [-0.2, -0.15) is 5.26 Å². The van der Waals surface area contributed by atoms with Crippen molar-refractivity contribution in [3.8, 4) is 6.07 Å². The molecule has 0 aliphatic carbocycles. The lowest BCUT2D eigenvalue weighted by Crippen LogP contribution is -2.23. The van der Waals surface area contributed by atoms with Gasteiger partial charge in [0.1, 0.15) is 11.8 Å². The van der Waals surface area contributed by atoms with E-state index in [9.17, 15) is 14.9 Å². The molecule has 0 atom stereocenters. The maximum absolute atomic E-state index is 11.0. The Bertz CT molecular complexity index is 607. The smallest absolute Gasteiger partial charge is 0.409 e. The molecule has 8 heteroatoms. The molecule has 2 N–H and O–H groups in total. The van der Waals surface area contributed by atoms with Crippen LogP contribution in [-0.4, -0.2) is 29.7 Å². The molecule has 0 unspecified atom stereocenters. The zero-order valence-electron chi connectivity index (χ0n) is 12.0. The van der Waals surface area contributed by atoms with E-state index in [-0.39, 0.29) is 11.3 Å². The first kappa shape index (κ1) is 16.2. The Labute approximate surface area is 121 Å². The van der Waals surface area contributed by atoms with Crippen molar-refractivity contribution in [3.63, 3.8) is 0 Å². The first-order valence-electron chi connectivity index (χ1n) is 6.19. The van der Waals surface area contributed by atoms with Crippen molar-refractivity contribution in [1.29, 1.82) is 5.26 Å². The van der Waals surface area contributed by atoms with Crippen molar-refractivity contribution in [1.82, 2.24) is 0 Å². The van der Waals surface area contributed by atoms with E-state index in [0.29, 0.717) is 18.2 Å². The number of carbonyl (C=O) groups is 1. The molecule has 0 aliphatic heterocycles. The number of nitrogens with one attached hydrogen (secondary N) is 1. The Hall–Kier alpha value is -2.82. The second-order valence-electron chi connectivity index (χ2n) is 4.96. The third kappa shape index (κ3) is 4.07. The van der Waals surface area contributed by atoms with Gasteiger partial charge in [0.2, 0.25) is 0 Å². The molecule has 0 saturated carbocycles. The van der Waals surface area contributed by atoms with Crippen molar-refractivity contribution in [2.75, 3.05) is 23.8 Å². The van der Waals surface area contributed by atoms with Crippen LogP contribution >= 0.6 is 0 Å². The summed E-state index contributed by atoms with van der Waals surface area (Å²) < 4.78 is 0. The maximum Gasteiger partial charge on any atom is 0.409 e. The Balaban J connectivity index is 3.40. The van der Waals surface area contributed by atoms with Crippen LogP contribution in [0.4, 0.5) is 21.9 Å². The molecule has 0 fully saturated rings. The number of benzene rings is 1. The molecule has 0 spiro atoms. The van der Waals surface area contributed by atoms with Crippen LogP contribution in [0.25, 0.3) is 0 Å². The van der Waals surface area contributed by atoms with E-state index in [1.807, 2.05) is 25.2 Å². The van der Waals surface area contributed by atoms with E-state index >= 15 is 0 Å².